The van der Waals surface area contributed by atoms with Crippen LogP contribution in [0.4, 0.5) is 0 Å². The maximum atomic E-state index is 11.3. The molecule has 3 heteroatoms. The predicted molar refractivity (Wildman–Crippen MR) is 51.5 cm³/mol. The molecule has 0 aliphatic carbocycles. The summed E-state index contributed by atoms with van der Waals surface area (Å²) in [5.41, 5.74) is 1.68. The first-order chi connectivity index (χ1) is 5.70. The van der Waals surface area contributed by atoms with Crippen LogP contribution in [-0.2, 0) is 0 Å². The molecule has 0 radical (unpaired) electrons. The van der Waals surface area contributed by atoms with Crippen LogP contribution < -0.4 is 5.32 Å². The van der Waals surface area contributed by atoms with Crippen LogP contribution in [0, 0.1) is 0 Å². The Morgan fingerprint density at radius 1 is 1.75 bits per heavy atom. The van der Waals surface area contributed by atoms with E-state index in [4.69, 9.17) is 0 Å². The van der Waals surface area contributed by atoms with Crippen LogP contribution >= 0.6 is 11.3 Å². The highest BCUT2D eigenvalue weighted by Gasteiger charge is 2.03. The molecular weight excluding hydrogens is 170 g/mol. The van der Waals surface area contributed by atoms with Crippen LogP contribution in [0.3, 0.4) is 0 Å². The number of amides is 1. The Kier molecular flexibility index (Phi) is 3.05. The van der Waals surface area contributed by atoms with Crippen molar-refractivity contribution in [3.8, 4) is 0 Å². The highest BCUT2D eigenvalue weighted by molar-refractivity contribution is 7.08. The Hall–Kier alpha value is -1.09. The lowest BCUT2D eigenvalue weighted by Gasteiger charge is -2.01. The molecule has 0 aliphatic heterocycles. The van der Waals surface area contributed by atoms with Gasteiger partial charge in [0.25, 0.3) is 5.91 Å². The van der Waals surface area contributed by atoms with E-state index in [1.54, 1.807) is 6.07 Å². The first kappa shape index (κ1) is 9.00. The largest absolute Gasteiger partial charge is 0.348 e. The fraction of sp³-hybridized carbons (Fsp3) is 0.222. The standard InChI is InChI=1S/C9H11NOS/c1-7(2)5-10-9(11)8-3-4-12-6-8/h3-4,6H,1,5H2,2H3,(H,10,11). The molecule has 0 aromatic carbocycles. The Bertz CT molecular complexity index is 277. The van der Waals surface area contributed by atoms with Crippen molar-refractivity contribution in [1.29, 1.82) is 0 Å². The lowest BCUT2D eigenvalue weighted by molar-refractivity contribution is 0.0957. The zero-order valence-electron chi connectivity index (χ0n) is 6.96. The molecule has 0 bridgehead atoms. The summed E-state index contributed by atoms with van der Waals surface area (Å²) >= 11 is 1.52. The maximum Gasteiger partial charge on any atom is 0.252 e. The van der Waals surface area contributed by atoms with Crippen molar-refractivity contribution in [2.75, 3.05) is 6.54 Å². The van der Waals surface area contributed by atoms with Gasteiger partial charge in [0, 0.05) is 17.5 Å². The van der Waals surface area contributed by atoms with Gasteiger partial charge in [-0.3, -0.25) is 4.79 Å². The average molecular weight is 181 g/mol. The van der Waals surface area contributed by atoms with Gasteiger partial charge in [-0.05, 0) is 18.4 Å². The monoisotopic (exact) mass is 181 g/mol. The van der Waals surface area contributed by atoms with Crippen molar-refractivity contribution in [1.82, 2.24) is 5.32 Å². The number of hydrogen-bond donors (Lipinski definition) is 1. The zero-order chi connectivity index (χ0) is 8.97. The summed E-state index contributed by atoms with van der Waals surface area (Å²) in [4.78, 5) is 11.3. The van der Waals surface area contributed by atoms with Gasteiger partial charge in [-0.15, -0.1) is 0 Å². The Morgan fingerprint density at radius 2 is 2.50 bits per heavy atom. The summed E-state index contributed by atoms with van der Waals surface area (Å²) in [7, 11) is 0. The highest BCUT2D eigenvalue weighted by Crippen LogP contribution is 2.05. The molecular formula is C9H11NOS. The van der Waals surface area contributed by atoms with Gasteiger partial charge in [0.2, 0.25) is 0 Å². The van der Waals surface area contributed by atoms with Crippen LogP contribution in [-0.4, -0.2) is 12.5 Å². The van der Waals surface area contributed by atoms with E-state index in [9.17, 15) is 4.79 Å². The third-order valence-electron chi connectivity index (χ3n) is 1.33. The molecule has 0 fully saturated rings. The summed E-state index contributed by atoms with van der Waals surface area (Å²) in [6, 6.07) is 1.80. The van der Waals surface area contributed by atoms with Crippen LogP contribution in [0.15, 0.2) is 29.0 Å². The Balaban J connectivity index is 2.45. The molecule has 12 heavy (non-hydrogen) atoms. The van der Waals surface area contributed by atoms with Gasteiger partial charge in [-0.25, -0.2) is 0 Å². The molecule has 1 N–H and O–H groups in total. The van der Waals surface area contributed by atoms with Crippen LogP contribution in [0.25, 0.3) is 0 Å². The molecule has 1 aromatic rings. The van der Waals surface area contributed by atoms with Gasteiger partial charge in [0.05, 0.1) is 0 Å². The number of nitrogens with one attached hydrogen (secondary N) is 1. The second-order valence-corrected chi connectivity index (χ2v) is 3.43. The molecule has 1 aromatic heterocycles. The number of rotatable bonds is 3. The van der Waals surface area contributed by atoms with Gasteiger partial charge in [-0.2, -0.15) is 11.3 Å². The van der Waals surface area contributed by atoms with Crippen molar-refractivity contribution < 1.29 is 4.79 Å². The fourth-order valence-corrected chi connectivity index (χ4v) is 1.36. The lowest BCUT2D eigenvalue weighted by atomic mass is 10.3. The van der Waals surface area contributed by atoms with Crippen molar-refractivity contribution in [3.63, 3.8) is 0 Å². The molecule has 0 unspecified atom stereocenters. The van der Waals surface area contributed by atoms with E-state index in [0.29, 0.717) is 6.54 Å². The Morgan fingerprint density at radius 3 is 3.00 bits per heavy atom. The minimum atomic E-state index is -0.0285. The minimum absolute atomic E-state index is 0.0285. The Labute approximate surface area is 75.9 Å². The van der Waals surface area contributed by atoms with Crippen LogP contribution in [0.1, 0.15) is 17.3 Å². The quantitative estimate of drug-likeness (QED) is 0.710. The minimum Gasteiger partial charge on any atom is -0.348 e. The third-order valence-corrected chi connectivity index (χ3v) is 2.02. The first-order valence-corrected chi connectivity index (χ1v) is 4.59. The van der Waals surface area contributed by atoms with Crippen molar-refractivity contribution in [2.24, 2.45) is 0 Å². The fourth-order valence-electron chi connectivity index (χ4n) is 0.727. The summed E-state index contributed by atoms with van der Waals surface area (Å²) in [5.74, 6) is -0.0285. The summed E-state index contributed by atoms with van der Waals surface area (Å²) in [6.07, 6.45) is 0. The van der Waals surface area contributed by atoms with E-state index in [2.05, 4.69) is 11.9 Å². The number of thiophene rings is 1. The third kappa shape index (κ3) is 2.51. The van der Waals surface area contributed by atoms with Gasteiger partial charge in [-0.1, -0.05) is 12.2 Å². The number of carbonyl (C=O) groups excluding carboxylic acids is 1. The maximum absolute atomic E-state index is 11.3. The number of carbonyl (C=O) groups is 1. The van der Waals surface area contributed by atoms with E-state index in [1.165, 1.54) is 11.3 Å². The van der Waals surface area contributed by atoms with E-state index in [-0.39, 0.29) is 5.91 Å². The van der Waals surface area contributed by atoms with E-state index >= 15 is 0 Å². The molecule has 0 spiro atoms. The lowest BCUT2D eigenvalue weighted by Crippen LogP contribution is -2.24. The van der Waals surface area contributed by atoms with Gasteiger partial charge in [0.15, 0.2) is 0 Å². The van der Waals surface area contributed by atoms with Crippen molar-refractivity contribution in [3.05, 3.63) is 34.5 Å². The molecule has 2 nitrogen and oxygen atoms in total. The molecule has 1 heterocycles. The number of hydrogen-bond acceptors (Lipinski definition) is 2. The van der Waals surface area contributed by atoms with Crippen molar-refractivity contribution >= 4 is 17.2 Å². The topological polar surface area (TPSA) is 29.1 Å². The summed E-state index contributed by atoms with van der Waals surface area (Å²) < 4.78 is 0. The predicted octanol–water partition coefficient (Wildman–Crippen LogP) is 2.05. The molecule has 64 valence electrons. The normalized spacial score (nSPS) is 9.42. The highest BCUT2D eigenvalue weighted by atomic mass is 32.1. The first-order valence-electron chi connectivity index (χ1n) is 3.65. The van der Waals surface area contributed by atoms with Crippen molar-refractivity contribution in [2.45, 2.75) is 6.92 Å². The SMILES string of the molecule is C=C(C)CNC(=O)c1ccsc1. The second kappa shape index (κ2) is 4.07. The van der Waals surface area contributed by atoms with Gasteiger partial charge < -0.3 is 5.32 Å². The van der Waals surface area contributed by atoms with Crippen LogP contribution in [0.5, 0.6) is 0 Å². The second-order valence-electron chi connectivity index (χ2n) is 2.65. The van der Waals surface area contributed by atoms with Crippen LogP contribution in [0.2, 0.25) is 0 Å². The smallest absolute Gasteiger partial charge is 0.252 e. The molecule has 0 atom stereocenters. The van der Waals surface area contributed by atoms with Gasteiger partial charge >= 0.3 is 0 Å². The summed E-state index contributed by atoms with van der Waals surface area (Å²) in [5, 5.41) is 6.46. The van der Waals surface area contributed by atoms with E-state index in [0.717, 1.165) is 11.1 Å². The zero-order valence-corrected chi connectivity index (χ0v) is 7.78. The summed E-state index contributed by atoms with van der Waals surface area (Å²) in [6.45, 7) is 6.13. The average Bonchev–Trinajstić information content (AvgIpc) is 2.51. The molecule has 0 saturated heterocycles. The van der Waals surface area contributed by atoms with E-state index in [1.807, 2.05) is 17.7 Å². The molecule has 0 aliphatic rings. The van der Waals surface area contributed by atoms with Gasteiger partial charge in [0.1, 0.15) is 0 Å². The van der Waals surface area contributed by atoms with E-state index < -0.39 is 0 Å². The molecule has 1 amide bonds. The molecule has 1 rings (SSSR count). The molecule has 0 saturated carbocycles.